The molecule has 0 atom stereocenters. The van der Waals surface area contributed by atoms with Gasteiger partial charge in [0, 0.05) is 29.9 Å². The lowest BCUT2D eigenvalue weighted by Crippen LogP contribution is -2.37. The van der Waals surface area contributed by atoms with Crippen molar-refractivity contribution in [3.8, 4) is 0 Å². The maximum atomic E-state index is 12.6. The molecule has 1 aromatic heterocycles. The molecule has 0 aliphatic rings. The number of para-hydroxylation sites is 1. The molecule has 3 N–H and O–H groups in total. The number of rotatable bonds is 6. The van der Waals surface area contributed by atoms with Gasteiger partial charge in [-0.15, -0.1) is 0 Å². The first kappa shape index (κ1) is 20.0. The van der Waals surface area contributed by atoms with E-state index in [0.29, 0.717) is 30.2 Å². The lowest BCUT2D eigenvalue weighted by molar-refractivity contribution is 0.266. The van der Waals surface area contributed by atoms with Crippen LogP contribution in [-0.2, 0) is 6.54 Å². The van der Waals surface area contributed by atoms with Crippen LogP contribution in [0.4, 0.5) is 5.69 Å². The average molecular weight is 396 g/mol. The van der Waals surface area contributed by atoms with Crippen molar-refractivity contribution < 1.29 is 5.11 Å². The molecule has 0 amide bonds. The molecule has 28 heavy (non-hydrogen) atoms. The Hall–Kier alpha value is -2.70. The lowest BCUT2D eigenvalue weighted by atomic mass is 10.0. The summed E-state index contributed by atoms with van der Waals surface area (Å²) in [6, 6.07) is 15.7. The summed E-state index contributed by atoms with van der Waals surface area (Å²) in [4.78, 5) is 17.5. The number of nitrogens with zero attached hydrogens (tertiary/aromatic N) is 1. The first-order valence-electron chi connectivity index (χ1n) is 9.33. The number of anilines is 1. The smallest absolute Gasteiger partial charge is 0.253 e. The molecule has 0 radical (unpaired) electrons. The fourth-order valence-electron chi connectivity index (χ4n) is 3.08. The SMILES string of the molecule is Cc1cc2cc(CN(CCCO)C(=S)Nc3ccccc3)c(=O)[nH]c2cc1C. The summed E-state index contributed by atoms with van der Waals surface area (Å²) >= 11 is 5.57. The van der Waals surface area contributed by atoms with Crippen LogP contribution in [-0.4, -0.2) is 33.3 Å². The molecule has 2 aromatic carbocycles. The number of aliphatic hydroxyl groups excluding tert-OH is 1. The highest BCUT2D eigenvalue weighted by Gasteiger charge is 2.14. The van der Waals surface area contributed by atoms with Gasteiger partial charge in [-0.3, -0.25) is 4.79 Å². The van der Waals surface area contributed by atoms with Crippen LogP contribution in [0.25, 0.3) is 10.9 Å². The first-order valence-corrected chi connectivity index (χ1v) is 9.74. The van der Waals surface area contributed by atoms with Gasteiger partial charge in [0.05, 0.1) is 6.54 Å². The van der Waals surface area contributed by atoms with E-state index in [0.717, 1.165) is 22.2 Å². The van der Waals surface area contributed by atoms with E-state index in [1.54, 1.807) is 0 Å². The average Bonchev–Trinajstić information content (AvgIpc) is 2.67. The summed E-state index contributed by atoms with van der Waals surface area (Å²) in [7, 11) is 0. The number of hydrogen-bond acceptors (Lipinski definition) is 3. The molecule has 5 nitrogen and oxygen atoms in total. The zero-order chi connectivity index (χ0) is 20.1. The molecule has 0 aliphatic carbocycles. The van der Waals surface area contributed by atoms with Crippen molar-refractivity contribution in [1.82, 2.24) is 9.88 Å². The summed E-state index contributed by atoms with van der Waals surface area (Å²) in [5, 5.41) is 14.0. The Balaban J connectivity index is 1.87. The van der Waals surface area contributed by atoms with Crippen molar-refractivity contribution >= 4 is 33.9 Å². The number of H-pyrrole nitrogens is 1. The van der Waals surface area contributed by atoms with Gasteiger partial charge in [0.1, 0.15) is 0 Å². The van der Waals surface area contributed by atoms with E-state index in [1.807, 2.05) is 54.3 Å². The highest BCUT2D eigenvalue weighted by Crippen LogP contribution is 2.18. The van der Waals surface area contributed by atoms with E-state index < -0.39 is 0 Å². The number of thiocarbonyl (C=S) groups is 1. The third kappa shape index (κ3) is 4.77. The van der Waals surface area contributed by atoms with Gasteiger partial charge in [-0.2, -0.15) is 0 Å². The van der Waals surface area contributed by atoms with E-state index in [2.05, 4.69) is 23.3 Å². The van der Waals surface area contributed by atoms with Crippen LogP contribution in [0.3, 0.4) is 0 Å². The van der Waals surface area contributed by atoms with Crippen molar-refractivity contribution in [2.45, 2.75) is 26.8 Å². The Labute approximate surface area is 170 Å². The fraction of sp³-hybridized carbons (Fsp3) is 0.273. The van der Waals surface area contributed by atoms with Gasteiger partial charge in [0.25, 0.3) is 5.56 Å². The maximum Gasteiger partial charge on any atom is 0.253 e. The molecule has 6 heteroatoms. The molecule has 0 aliphatic heterocycles. The Bertz CT molecular complexity index is 1030. The molecule has 0 saturated heterocycles. The minimum absolute atomic E-state index is 0.0665. The van der Waals surface area contributed by atoms with Gasteiger partial charge >= 0.3 is 0 Å². The van der Waals surface area contributed by atoms with E-state index in [4.69, 9.17) is 12.2 Å². The van der Waals surface area contributed by atoms with Crippen molar-refractivity contribution in [3.05, 3.63) is 75.6 Å². The van der Waals surface area contributed by atoms with Gasteiger partial charge in [-0.1, -0.05) is 18.2 Å². The van der Waals surface area contributed by atoms with Crippen LogP contribution >= 0.6 is 12.2 Å². The normalized spacial score (nSPS) is 10.8. The van der Waals surface area contributed by atoms with Crippen LogP contribution in [0.1, 0.15) is 23.1 Å². The summed E-state index contributed by atoms with van der Waals surface area (Å²) in [6.45, 7) is 5.09. The zero-order valence-corrected chi connectivity index (χ0v) is 17.0. The summed E-state index contributed by atoms with van der Waals surface area (Å²) in [5.74, 6) is 0. The van der Waals surface area contributed by atoms with Crippen LogP contribution in [0, 0.1) is 13.8 Å². The van der Waals surface area contributed by atoms with Gasteiger partial charge in [0.2, 0.25) is 0 Å². The van der Waals surface area contributed by atoms with Gasteiger partial charge in [0.15, 0.2) is 5.11 Å². The molecule has 0 spiro atoms. The Morgan fingerprint density at radius 3 is 2.57 bits per heavy atom. The Kier molecular flexibility index (Phi) is 6.44. The molecule has 3 aromatic rings. The molecular weight excluding hydrogens is 370 g/mol. The highest BCUT2D eigenvalue weighted by atomic mass is 32.1. The molecule has 1 heterocycles. The van der Waals surface area contributed by atoms with Crippen molar-refractivity contribution in [2.75, 3.05) is 18.5 Å². The molecule has 0 fully saturated rings. The van der Waals surface area contributed by atoms with Crippen molar-refractivity contribution in [1.29, 1.82) is 0 Å². The number of aryl methyl sites for hydroxylation is 2. The second-order valence-corrected chi connectivity index (χ2v) is 7.33. The Morgan fingerprint density at radius 2 is 1.86 bits per heavy atom. The van der Waals surface area contributed by atoms with E-state index in [1.165, 1.54) is 5.56 Å². The van der Waals surface area contributed by atoms with Crippen molar-refractivity contribution in [3.63, 3.8) is 0 Å². The predicted octanol–water partition coefficient (Wildman–Crippen LogP) is 3.73. The molecule has 146 valence electrons. The van der Waals surface area contributed by atoms with Crippen LogP contribution < -0.4 is 10.9 Å². The lowest BCUT2D eigenvalue weighted by Gasteiger charge is -2.25. The van der Waals surface area contributed by atoms with E-state index in [-0.39, 0.29) is 12.2 Å². The summed E-state index contributed by atoms with van der Waals surface area (Å²) < 4.78 is 0. The standard InChI is InChI=1S/C22H25N3O2S/c1-15-11-17-13-18(21(27)24-20(17)12-16(15)2)14-25(9-6-10-26)22(28)23-19-7-4-3-5-8-19/h3-5,7-8,11-13,26H,6,9-10,14H2,1-2H3,(H,23,28)(H,24,27). The number of aromatic nitrogens is 1. The number of aromatic amines is 1. The van der Waals surface area contributed by atoms with Gasteiger partial charge in [-0.25, -0.2) is 0 Å². The number of pyridine rings is 1. The third-order valence-corrected chi connectivity index (χ3v) is 5.16. The van der Waals surface area contributed by atoms with Crippen LogP contribution in [0.2, 0.25) is 0 Å². The Morgan fingerprint density at radius 1 is 1.14 bits per heavy atom. The molecule has 0 unspecified atom stereocenters. The van der Waals surface area contributed by atoms with E-state index in [9.17, 15) is 9.90 Å². The molecule has 0 bridgehead atoms. The van der Waals surface area contributed by atoms with Crippen molar-refractivity contribution in [2.24, 2.45) is 0 Å². The highest BCUT2D eigenvalue weighted by molar-refractivity contribution is 7.80. The summed E-state index contributed by atoms with van der Waals surface area (Å²) in [5.41, 5.74) is 4.58. The monoisotopic (exact) mass is 395 g/mol. The first-order chi connectivity index (χ1) is 13.5. The second kappa shape index (κ2) is 8.99. The molecule has 3 rings (SSSR count). The van der Waals surface area contributed by atoms with Gasteiger partial charge < -0.3 is 20.3 Å². The minimum atomic E-state index is -0.118. The van der Waals surface area contributed by atoms with Gasteiger partial charge in [-0.05, 0) is 79.3 Å². The maximum absolute atomic E-state index is 12.6. The molecule has 0 saturated carbocycles. The number of hydrogen-bond donors (Lipinski definition) is 3. The fourth-order valence-corrected chi connectivity index (χ4v) is 3.36. The predicted molar refractivity (Wildman–Crippen MR) is 119 cm³/mol. The number of fused-ring (bicyclic) bond motifs is 1. The third-order valence-electron chi connectivity index (χ3n) is 4.80. The van der Waals surface area contributed by atoms with Crippen LogP contribution in [0.5, 0.6) is 0 Å². The number of benzene rings is 2. The topological polar surface area (TPSA) is 68.4 Å². The number of aliphatic hydroxyl groups is 1. The molecular formula is C22H25N3O2S. The zero-order valence-electron chi connectivity index (χ0n) is 16.2. The van der Waals surface area contributed by atoms with E-state index >= 15 is 0 Å². The quantitative estimate of drug-likeness (QED) is 0.555. The number of nitrogens with one attached hydrogen (secondary N) is 2. The van der Waals surface area contributed by atoms with Crippen LogP contribution in [0.15, 0.2) is 53.3 Å². The summed E-state index contributed by atoms with van der Waals surface area (Å²) in [6.07, 6.45) is 0.570. The largest absolute Gasteiger partial charge is 0.396 e. The minimum Gasteiger partial charge on any atom is -0.396 e. The second-order valence-electron chi connectivity index (χ2n) is 6.94.